The molecule has 140 valence electrons. The van der Waals surface area contributed by atoms with E-state index in [0.717, 1.165) is 11.3 Å². The lowest BCUT2D eigenvalue weighted by atomic mass is 10.1. The number of fused-ring (bicyclic) bond motifs is 1. The molecular weight excluding hydrogens is 378 g/mol. The van der Waals surface area contributed by atoms with E-state index in [1.807, 2.05) is 30.3 Å². The van der Waals surface area contributed by atoms with E-state index in [2.05, 4.69) is 15.0 Å². The molecule has 2 aromatic heterocycles. The summed E-state index contributed by atoms with van der Waals surface area (Å²) >= 11 is 6.38. The van der Waals surface area contributed by atoms with Crippen molar-refractivity contribution in [2.75, 3.05) is 0 Å². The van der Waals surface area contributed by atoms with Crippen LogP contribution in [-0.4, -0.2) is 26.0 Å². The lowest BCUT2D eigenvalue weighted by molar-refractivity contribution is 0.0695. The Labute approximate surface area is 165 Å². The van der Waals surface area contributed by atoms with Crippen LogP contribution < -0.4 is 4.74 Å². The van der Waals surface area contributed by atoms with Gasteiger partial charge in [-0.1, -0.05) is 48.0 Å². The molecule has 0 fully saturated rings. The maximum absolute atomic E-state index is 11.3. The van der Waals surface area contributed by atoms with Crippen molar-refractivity contribution in [3.8, 4) is 11.8 Å². The number of benzene rings is 2. The zero-order valence-electron chi connectivity index (χ0n) is 14.9. The van der Waals surface area contributed by atoms with Crippen LogP contribution in [0.1, 0.15) is 27.2 Å². The third-order valence-electron chi connectivity index (χ3n) is 4.35. The summed E-state index contributed by atoms with van der Waals surface area (Å²) in [6, 6.07) is 16.7. The number of H-pyrrole nitrogens is 1. The first-order valence-electron chi connectivity index (χ1n) is 8.60. The summed E-state index contributed by atoms with van der Waals surface area (Å²) < 4.78 is 5.69. The fourth-order valence-electron chi connectivity index (χ4n) is 2.90. The molecule has 28 heavy (non-hydrogen) atoms. The second-order valence-corrected chi connectivity index (χ2v) is 6.78. The predicted molar refractivity (Wildman–Crippen MR) is 106 cm³/mol. The highest BCUT2D eigenvalue weighted by Crippen LogP contribution is 2.27. The Morgan fingerprint density at radius 2 is 1.93 bits per heavy atom. The van der Waals surface area contributed by atoms with Crippen LogP contribution in [0.25, 0.3) is 11.2 Å². The van der Waals surface area contributed by atoms with E-state index in [4.69, 9.17) is 16.3 Å². The van der Waals surface area contributed by atoms with Gasteiger partial charge in [-0.05, 0) is 36.2 Å². The average molecular weight is 394 g/mol. The molecule has 0 aliphatic heterocycles. The molecule has 0 spiro atoms. The molecule has 0 unspecified atom stereocenters. The lowest BCUT2D eigenvalue weighted by Crippen LogP contribution is -2.00. The topological polar surface area (TPSA) is 88.1 Å². The van der Waals surface area contributed by atoms with Gasteiger partial charge >= 0.3 is 12.0 Å². The summed E-state index contributed by atoms with van der Waals surface area (Å²) in [7, 11) is 0. The fourth-order valence-corrected chi connectivity index (χ4v) is 3.12. The average Bonchev–Trinajstić information content (AvgIpc) is 3.05. The molecule has 7 heteroatoms. The van der Waals surface area contributed by atoms with Crippen LogP contribution in [0.4, 0.5) is 0 Å². The van der Waals surface area contributed by atoms with E-state index < -0.39 is 5.97 Å². The van der Waals surface area contributed by atoms with E-state index >= 15 is 0 Å². The maximum Gasteiger partial charge on any atom is 0.336 e. The molecule has 4 aromatic rings. The Kier molecular flexibility index (Phi) is 4.71. The lowest BCUT2D eigenvalue weighted by Gasteiger charge is -2.05. The number of aromatic nitrogens is 3. The van der Waals surface area contributed by atoms with Gasteiger partial charge in [-0.15, -0.1) is 0 Å². The number of nitrogens with one attached hydrogen (secondary N) is 1. The predicted octanol–water partition coefficient (Wildman–Crippen LogP) is 5.00. The van der Waals surface area contributed by atoms with E-state index in [1.165, 1.54) is 6.07 Å². The molecule has 0 aliphatic rings. The summed E-state index contributed by atoms with van der Waals surface area (Å²) in [4.78, 5) is 23.2. The normalized spacial score (nSPS) is 10.9. The largest absolute Gasteiger partial charge is 0.478 e. The quantitative estimate of drug-likeness (QED) is 0.498. The van der Waals surface area contributed by atoms with Crippen molar-refractivity contribution in [2.45, 2.75) is 13.3 Å². The molecule has 0 atom stereocenters. The summed E-state index contributed by atoms with van der Waals surface area (Å²) in [5.74, 6) is -0.635. The van der Waals surface area contributed by atoms with Crippen molar-refractivity contribution in [3.05, 3.63) is 82.0 Å². The molecule has 2 N–H and O–H groups in total. The number of carboxylic acid groups (broad SMARTS) is 1. The monoisotopic (exact) mass is 393 g/mol. The van der Waals surface area contributed by atoms with E-state index in [1.54, 1.807) is 25.1 Å². The Bertz CT molecular complexity index is 1170. The number of halogens is 1. The van der Waals surface area contributed by atoms with Gasteiger partial charge in [-0.3, -0.25) is 0 Å². The zero-order valence-corrected chi connectivity index (χ0v) is 15.7. The summed E-state index contributed by atoms with van der Waals surface area (Å²) in [6.45, 7) is 1.73. The molecule has 0 radical (unpaired) electrons. The minimum atomic E-state index is -1.01. The van der Waals surface area contributed by atoms with Gasteiger partial charge in [0.25, 0.3) is 0 Å². The van der Waals surface area contributed by atoms with Crippen LogP contribution in [0.3, 0.4) is 0 Å². The van der Waals surface area contributed by atoms with E-state index in [0.29, 0.717) is 33.9 Å². The third-order valence-corrected chi connectivity index (χ3v) is 4.67. The number of nitrogens with zero attached hydrogens (tertiary/aromatic N) is 2. The van der Waals surface area contributed by atoms with Crippen LogP contribution in [0, 0.1) is 6.92 Å². The van der Waals surface area contributed by atoms with Gasteiger partial charge in [0.15, 0.2) is 5.65 Å². The molecular formula is C21H16ClN3O3. The molecule has 4 rings (SSSR count). The van der Waals surface area contributed by atoms with Gasteiger partial charge in [0.1, 0.15) is 5.75 Å². The molecule has 0 amide bonds. The molecule has 6 nitrogen and oxygen atoms in total. The van der Waals surface area contributed by atoms with Crippen LogP contribution in [-0.2, 0) is 6.42 Å². The van der Waals surface area contributed by atoms with Crippen LogP contribution in [0.2, 0.25) is 5.02 Å². The number of ether oxygens (including phenoxy) is 1. The van der Waals surface area contributed by atoms with Crippen molar-refractivity contribution in [2.24, 2.45) is 0 Å². The molecule has 0 aliphatic carbocycles. The van der Waals surface area contributed by atoms with Crippen molar-refractivity contribution < 1.29 is 14.6 Å². The van der Waals surface area contributed by atoms with E-state index in [-0.39, 0.29) is 11.6 Å². The second kappa shape index (κ2) is 7.32. The second-order valence-electron chi connectivity index (χ2n) is 6.38. The summed E-state index contributed by atoms with van der Waals surface area (Å²) in [5.41, 5.74) is 3.78. The first-order valence-corrected chi connectivity index (χ1v) is 8.98. The number of carboxylic acids is 1. The molecule has 2 heterocycles. The Hall–Kier alpha value is -3.38. The number of aromatic carboxylic acids is 1. The molecule has 0 bridgehead atoms. The Morgan fingerprint density at radius 3 is 2.68 bits per heavy atom. The SMILES string of the molecule is Cc1ccc(Oc2nc3nc(Cc4ccccc4)c(Cl)cc3[nH]2)cc1C(=O)O. The van der Waals surface area contributed by atoms with Gasteiger partial charge in [-0.2, -0.15) is 4.98 Å². The van der Waals surface area contributed by atoms with Gasteiger partial charge in [-0.25, -0.2) is 9.78 Å². The van der Waals surface area contributed by atoms with Crippen molar-refractivity contribution in [1.82, 2.24) is 15.0 Å². The standard InChI is InChI=1S/C21H16ClN3O3/c1-12-7-8-14(10-15(12)20(26)27)28-21-24-18-11-16(22)17(23-19(18)25-21)9-13-5-3-2-4-6-13/h2-8,10-11H,9H2,1H3,(H,26,27)(H,23,24,25). The third kappa shape index (κ3) is 3.68. The van der Waals surface area contributed by atoms with Gasteiger partial charge in [0.05, 0.1) is 21.8 Å². The molecule has 0 saturated heterocycles. The van der Waals surface area contributed by atoms with Crippen LogP contribution in [0.15, 0.2) is 54.6 Å². The first kappa shape index (κ1) is 18.0. The van der Waals surface area contributed by atoms with E-state index in [9.17, 15) is 9.90 Å². The molecule has 2 aromatic carbocycles. The van der Waals surface area contributed by atoms with Crippen LogP contribution in [0.5, 0.6) is 11.8 Å². The Balaban J connectivity index is 1.63. The highest BCUT2D eigenvalue weighted by Gasteiger charge is 2.13. The molecule has 0 saturated carbocycles. The summed E-state index contributed by atoms with van der Waals surface area (Å²) in [5, 5.41) is 9.79. The van der Waals surface area contributed by atoms with Gasteiger partial charge < -0.3 is 14.8 Å². The number of hydrogen-bond donors (Lipinski definition) is 2. The van der Waals surface area contributed by atoms with Crippen molar-refractivity contribution in [3.63, 3.8) is 0 Å². The minimum absolute atomic E-state index is 0.180. The van der Waals surface area contributed by atoms with Crippen LogP contribution >= 0.6 is 11.6 Å². The number of hydrogen-bond acceptors (Lipinski definition) is 4. The number of imidazole rings is 1. The number of aromatic amines is 1. The number of pyridine rings is 1. The zero-order chi connectivity index (χ0) is 19.7. The highest BCUT2D eigenvalue weighted by molar-refractivity contribution is 6.31. The number of aryl methyl sites for hydroxylation is 1. The highest BCUT2D eigenvalue weighted by atomic mass is 35.5. The Morgan fingerprint density at radius 1 is 1.14 bits per heavy atom. The smallest absolute Gasteiger partial charge is 0.336 e. The number of rotatable bonds is 5. The maximum atomic E-state index is 11.3. The minimum Gasteiger partial charge on any atom is -0.478 e. The van der Waals surface area contributed by atoms with Crippen molar-refractivity contribution >= 4 is 28.7 Å². The van der Waals surface area contributed by atoms with Crippen molar-refractivity contribution in [1.29, 1.82) is 0 Å². The van der Waals surface area contributed by atoms with Gasteiger partial charge in [0, 0.05) is 6.42 Å². The summed E-state index contributed by atoms with van der Waals surface area (Å²) in [6.07, 6.45) is 0.596. The number of carbonyl (C=O) groups is 1. The fraction of sp³-hybridized carbons (Fsp3) is 0.0952. The first-order chi connectivity index (χ1) is 13.5. The van der Waals surface area contributed by atoms with Gasteiger partial charge in [0.2, 0.25) is 0 Å².